The molecule has 1 aromatic carbocycles. The Morgan fingerprint density at radius 3 is 2.56 bits per heavy atom. The SMILES string of the molecule is COC(=O)[C@H]1N[C@@H](c2ccc(Br)cc2)[C@H]2C(=O)CO[C@H](OC(C)=O)[C@H]21. The van der Waals surface area contributed by atoms with Crippen molar-refractivity contribution in [1.29, 1.82) is 0 Å². The maximum Gasteiger partial charge on any atom is 0.323 e. The van der Waals surface area contributed by atoms with Crippen LogP contribution in [0.4, 0.5) is 0 Å². The van der Waals surface area contributed by atoms with Gasteiger partial charge in [-0.05, 0) is 17.7 Å². The quantitative estimate of drug-likeness (QED) is 0.750. The van der Waals surface area contributed by atoms with Gasteiger partial charge >= 0.3 is 11.9 Å². The number of hydrogen-bond acceptors (Lipinski definition) is 7. The van der Waals surface area contributed by atoms with Crippen LogP contribution in [0.3, 0.4) is 0 Å². The maximum absolute atomic E-state index is 12.5. The molecule has 134 valence electrons. The Morgan fingerprint density at radius 1 is 1.28 bits per heavy atom. The molecule has 3 rings (SSSR count). The molecule has 0 aliphatic carbocycles. The standard InChI is InChI=1S/C17H18BrNO6/c1-8(20)25-17-13-12(11(21)7-24-17)14(19-15(13)16(22)23-2)9-3-5-10(18)6-4-9/h3-6,12-15,17,19H,7H2,1-2H3/t12-,13+,14-,15-,17+/m0/s1. The summed E-state index contributed by atoms with van der Waals surface area (Å²) in [7, 11) is 1.28. The molecule has 1 aromatic rings. The number of benzene rings is 1. The zero-order valence-electron chi connectivity index (χ0n) is 13.7. The lowest BCUT2D eigenvalue weighted by atomic mass is 9.79. The van der Waals surface area contributed by atoms with E-state index in [1.165, 1.54) is 14.0 Å². The first kappa shape index (κ1) is 18.0. The first-order valence-electron chi connectivity index (χ1n) is 7.83. The third-order valence-electron chi connectivity index (χ3n) is 4.56. The van der Waals surface area contributed by atoms with Gasteiger partial charge in [0.2, 0.25) is 6.29 Å². The van der Waals surface area contributed by atoms with E-state index in [2.05, 4.69) is 21.2 Å². The molecule has 0 bridgehead atoms. The van der Waals surface area contributed by atoms with Gasteiger partial charge in [-0.15, -0.1) is 0 Å². The van der Waals surface area contributed by atoms with Gasteiger partial charge in [-0.2, -0.15) is 0 Å². The van der Waals surface area contributed by atoms with Crippen molar-refractivity contribution in [3.8, 4) is 0 Å². The van der Waals surface area contributed by atoms with Crippen molar-refractivity contribution in [2.45, 2.75) is 25.3 Å². The van der Waals surface area contributed by atoms with Crippen LogP contribution in [0.2, 0.25) is 0 Å². The smallest absolute Gasteiger partial charge is 0.323 e. The van der Waals surface area contributed by atoms with Crippen LogP contribution in [-0.2, 0) is 28.6 Å². The Morgan fingerprint density at radius 2 is 1.96 bits per heavy atom. The van der Waals surface area contributed by atoms with Gasteiger partial charge in [0.15, 0.2) is 5.78 Å². The number of esters is 2. The Hall–Kier alpha value is -1.77. The van der Waals surface area contributed by atoms with Crippen LogP contribution in [0.15, 0.2) is 28.7 Å². The summed E-state index contributed by atoms with van der Waals surface area (Å²) >= 11 is 3.38. The lowest BCUT2D eigenvalue weighted by Crippen LogP contribution is -2.49. The van der Waals surface area contributed by atoms with Crippen LogP contribution in [0.25, 0.3) is 0 Å². The lowest BCUT2D eigenvalue weighted by Gasteiger charge is -2.34. The number of nitrogens with one attached hydrogen (secondary N) is 1. The molecule has 2 aliphatic rings. The van der Waals surface area contributed by atoms with Gasteiger partial charge in [0.05, 0.1) is 18.9 Å². The maximum atomic E-state index is 12.5. The van der Waals surface area contributed by atoms with Crippen molar-refractivity contribution in [3.05, 3.63) is 34.3 Å². The molecule has 0 saturated carbocycles. The monoisotopic (exact) mass is 411 g/mol. The first-order chi connectivity index (χ1) is 11.9. The predicted molar refractivity (Wildman–Crippen MR) is 89.3 cm³/mol. The van der Waals surface area contributed by atoms with Crippen LogP contribution in [0.1, 0.15) is 18.5 Å². The molecular weight excluding hydrogens is 394 g/mol. The van der Waals surface area contributed by atoms with Gasteiger partial charge < -0.3 is 14.2 Å². The van der Waals surface area contributed by atoms with Gasteiger partial charge in [-0.25, -0.2) is 0 Å². The molecule has 0 unspecified atom stereocenters. The van der Waals surface area contributed by atoms with Gasteiger partial charge in [0, 0.05) is 17.4 Å². The Bertz CT molecular complexity index is 691. The number of methoxy groups -OCH3 is 1. The molecule has 5 atom stereocenters. The fourth-order valence-corrected chi connectivity index (χ4v) is 3.80. The van der Waals surface area contributed by atoms with Crippen molar-refractivity contribution in [2.75, 3.05) is 13.7 Å². The molecule has 0 radical (unpaired) electrons. The van der Waals surface area contributed by atoms with Crippen LogP contribution < -0.4 is 5.32 Å². The molecule has 1 N–H and O–H groups in total. The van der Waals surface area contributed by atoms with Gasteiger partial charge in [0.25, 0.3) is 0 Å². The van der Waals surface area contributed by atoms with Gasteiger partial charge in [0.1, 0.15) is 12.6 Å². The van der Waals surface area contributed by atoms with E-state index < -0.39 is 42.1 Å². The average Bonchev–Trinajstić information content (AvgIpc) is 2.99. The number of ether oxygens (including phenoxy) is 3. The predicted octanol–water partition coefficient (Wildman–Crippen LogP) is 1.36. The third-order valence-corrected chi connectivity index (χ3v) is 5.09. The molecule has 0 aromatic heterocycles. The van der Waals surface area contributed by atoms with Crippen LogP contribution in [0, 0.1) is 11.8 Å². The highest BCUT2D eigenvalue weighted by Crippen LogP contribution is 2.43. The number of fused-ring (bicyclic) bond motifs is 1. The minimum absolute atomic E-state index is 0.139. The molecule has 0 spiro atoms. The molecule has 2 fully saturated rings. The van der Waals surface area contributed by atoms with E-state index >= 15 is 0 Å². The van der Waals surface area contributed by atoms with Crippen LogP contribution >= 0.6 is 15.9 Å². The lowest BCUT2D eigenvalue weighted by molar-refractivity contribution is -0.209. The summed E-state index contributed by atoms with van der Waals surface area (Å²) in [4.78, 5) is 36.2. The second-order valence-electron chi connectivity index (χ2n) is 6.05. The molecule has 25 heavy (non-hydrogen) atoms. The van der Waals surface area contributed by atoms with Crippen molar-refractivity contribution in [2.24, 2.45) is 11.8 Å². The average molecular weight is 412 g/mol. The van der Waals surface area contributed by atoms with Crippen LogP contribution in [0.5, 0.6) is 0 Å². The first-order valence-corrected chi connectivity index (χ1v) is 8.62. The Kier molecular flexibility index (Phi) is 5.21. The number of Topliss-reactive ketones (excluding diaryl/α,β-unsaturated/α-hetero) is 1. The summed E-state index contributed by atoms with van der Waals surface area (Å²) in [5.74, 6) is -2.39. The van der Waals surface area contributed by atoms with E-state index in [0.717, 1.165) is 10.0 Å². The minimum Gasteiger partial charge on any atom is -0.468 e. The molecule has 0 amide bonds. The van der Waals surface area contributed by atoms with E-state index in [4.69, 9.17) is 14.2 Å². The Balaban J connectivity index is 1.99. The number of rotatable bonds is 3. The second-order valence-corrected chi connectivity index (χ2v) is 6.97. The van der Waals surface area contributed by atoms with Crippen LogP contribution in [-0.4, -0.2) is 43.8 Å². The summed E-state index contributed by atoms with van der Waals surface area (Å²) in [5.41, 5.74) is 0.862. The summed E-state index contributed by atoms with van der Waals surface area (Å²) in [6.07, 6.45) is -0.975. The fraction of sp³-hybridized carbons (Fsp3) is 0.471. The van der Waals surface area contributed by atoms with Crippen molar-refractivity contribution < 1.29 is 28.6 Å². The van der Waals surface area contributed by atoms with E-state index in [1.54, 1.807) is 0 Å². The summed E-state index contributed by atoms with van der Waals surface area (Å²) in [6.45, 7) is 1.10. The number of carbonyl (C=O) groups is 3. The molecule has 2 aliphatic heterocycles. The van der Waals surface area contributed by atoms with E-state index in [9.17, 15) is 14.4 Å². The van der Waals surface area contributed by atoms with E-state index in [1.807, 2.05) is 24.3 Å². The zero-order chi connectivity index (χ0) is 18.1. The number of carbonyl (C=O) groups excluding carboxylic acids is 3. The molecule has 2 heterocycles. The Labute approximate surface area is 153 Å². The zero-order valence-corrected chi connectivity index (χ0v) is 15.3. The minimum atomic E-state index is -0.975. The number of halogens is 1. The van der Waals surface area contributed by atoms with E-state index in [-0.39, 0.29) is 12.4 Å². The van der Waals surface area contributed by atoms with Crippen molar-refractivity contribution in [3.63, 3.8) is 0 Å². The number of ketones is 1. The summed E-state index contributed by atoms with van der Waals surface area (Å²) in [5, 5.41) is 3.17. The highest BCUT2D eigenvalue weighted by molar-refractivity contribution is 9.10. The molecular formula is C17H18BrNO6. The van der Waals surface area contributed by atoms with Crippen molar-refractivity contribution in [1.82, 2.24) is 5.32 Å². The fourth-order valence-electron chi connectivity index (χ4n) is 3.54. The second kappa shape index (κ2) is 7.23. The van der Waals surface area contributed by atoms with Gasteiger partial charge in [-0.1, -0.05) is 28.1 Å². The van der Waals surface area contributed by atoms with E-state index in [0.29, 0.717) is 0 Å². The summed E-state index contributed by atoms with van der Waals surface area (Å²) in [6, 6.07) is 6.29. The highest BCUT2D eigenvalue weighted by atomic mass is 79.9. The van der Waals surface area contributed by atoms with Crippen molar-refractivity contribution >= 4 is 33.7 Å². The largest absolute Gasteiger partial charge is 0.468 e. The topological polar surface area (TPSA) is 90.9 Å². The van der Waals surface area contributed by atoms with Gasteiger partial charge in [-0.3, -0.25) is 19.7 Å². The molecule has 7 nitrogen and oxygen atoms in total. The normalized spacial score (nSPS) is 31.3. The molecule has 8 heteroatoms. The highest BCUT2D eigenvalue weighted by Gasteiger charge is 2.57. The number of hydrogen-bond donors (Lipinski definition) is 1. The molecule has 2 saturated heterocycles. The third kappa shape index (κ3) is 3.47. The summed E-state index contributed by atoms with van der Waals surface area (Å²) < 4.78 is 16.4.